The van der Waals surface area contributed by atoms with Crippen molar-refractivity contribution in [2.24, 2.45) is 5.92 Å². The van der Waals surface area contributed by atoms with E-state index in [1.54, 1.807) is 19.9 Å². The zero-order valence-corrected chi connectivity index (χ0v) is 15.9. The van der Waals surface area contributed by atoms with Gasteiger partial charge >= 0.3 is 11.9 Å². The summed E-state index contributed by atoms with van der Waals surface area (Å²) in [6.07, 6.45) is 0.859. The third-order valence-corrected chi connectivity index (χ3v) is 4.14. The van der Waals surface area contributed by atoms with Gasteiger partial charge in [0.1, 0.15) is 0 Å². The van der Waals surface area contributed by atoms with E-state index in [0.29, 0.717) is 0 Å². The maximum absolute atomic E-state index is 12.6. The molecule has 0 spiro atoms. The van der Waals surface area contributed by atoms with Crippen LogP contribution in [0.3, 0.4) is 0 Å². The standard InChI is InChI=1S/C22H26O5/c1-4-13-27-21(18-12-11-16-9-7-8-10-17(16)14-18)19(22(24)26-6-3)15-20(23)25-5-2/h4,7-12,14,19,21H,1,5-6,13,15H2,2-3H3. The molecule has 5 heteroatoms. The highest BCUT2D eigenvalue weighted by atomic mass is 16.5. The molecule has 2 atom stereocenters. The predicted octanol–water partition coefficient (Wildman–Crippen LogP) is 4.22. The number of carbonyl (C=O) groups is 2. The molecule has 27 heavy (non-hydrogen) atoms. The second-order valence-corrected chi connectivity index (χ2v) is 6.02. The van der Waals surface area contributed by atoms with Crippen molar-refractivity contribution in [1.82, 2.24) is 0 Å². The molecule has 2 unspecified atom stereocenters. The van der Waals surface area contributed by atoms with E-state index in [-0.39, 0.29) is 26.2 Å². The zero-order chi connectivity index (χ0) is 19.6. The van der Waals surface area contributed by atoms with Crippen molar-refractivity contribution in [1.29, 1.82) is 0 Å². The van der Waals surface area contributed by atoms with Gasteiger partial charge in [0.2, 0.25) is 0 Å². The van der Waals surface area contributed by atoms with Crippen LogP contribution >= 0.6 is 0 Å². The summed E-state index contributed by atoms with van der Waals surface area (Å²) in [4.78, 5) is 24.7. The molecule has 0 aliphatic carbocycles. The molecular weight excluding hydrogens is 344 g/mol. The summed E-state index contributed by atoms with van der Waals surface area (Å²) in [6, 6.07) is 13.8. The van der Waals surface area contributed by atoms with E-state index < -0.39 is 24.0 Å². The van der Waals surface area contributed by atoms with Crippen LogP contribution in [0.1, 0.15) is 31.9 Å². The van der Waals surface area contributed by atoms with Gasteiger partial charge in [-0.3, -0.25) is 9.59 Å². The summed E-state index contributed by atoms with van der Waals surface area (Å²) in [5, 5.41) is 2.11. The molecule has 0 amide bonds. The number of esters is 2. The van der Waals surface area contributed by atoms with Crippen molar-refractivity contribution < 1.29 is 23.8 Å². The molecule has 0 N–H and O–H groups in total. The topological polar surface area (TPSA) is 61.8 Å². The highest BCUT2D eigenvalue weighted by Crippen LogP contribution is 2.32. The van der Waals surface area contributed by atoms with Crippen LogP contribution in [0.15, 0.2) is 55.1 Å². The third-order valence-electron chi connectivity index (χ3n) is 4.14. The Balaban J connectivity index is 2.41. The second kappa shape index (κ2) is 10.5. The van der Waals surface area contributed by atoms with Crippen molar-refractivity contribution in [3.63, 3.8) is 0 Å². The highest BCUT2D eigenvalue weighted by molar-refractivity contribution is 5.84. The molecule has 0 aliphatic heterocycles. The minimum Gasteiger partial charge on any atom is -0.466 e. The van der Waals surface area contributed by atoms with E-state index in [4.69, 9.17) is 14.2 Å². The summed E-state index contributed by atoms with van der Waals surface area (Å²) in [7, 11) is 0. The Morgan fingerprint density at radius 2 is 1.74 bits per heavy atom. The number of rotatable bonds is 10. The van der Waals surface area contributed by atoms with E-state index in [2.05, 4.69) is 6.58 Å². The Hall–Kier alpha value is -2.66. The first-order chi connectivity index (χ1) is 13.1. The van der Waals surface area contributed by atoms with Crippen LogP contribution in [0.25, 0.3) is 10.8 Å². The Morgan fingerprint density at radius 1 is 1.04 bits per heavy atom. The number of fused-ring (bicyclic) bond motifs is 1. The molecule has 2 rings (SSSR count). The van der Waals surface area contributed by atoms with E-state index in [0.717, 1.165) is 16.3 Å². The lowest BCUT2D eigenvalue weighted by Crippen LogP contribution is -2.29. The molecule has 5 nitrogen and oxygen atoms in total. The van der Waals surface area contributed by atoms with Crippen LogP contribution in [0, 0.1) is 5.92 Å². The summed E-state index contributed by atoms with van der Waals surface area (Å²) in [5.41, 5.74) is 0.804. The van der Waals surface area contributed by atoms with Gasteiger partial charge in [-0.05, 0) is 36.2 Å². The number of benzene rings is 2. The van der Waals surface area contributed by atoms with Gasteiger partial charge < -0.3 is 14.2 Å². The fourth-order valence-corrected chi connectivity index (χ4v) is 2.96. The first kappa shape index (κ1) is 20.6. The monoisotopic (exact) mass is 370 g/mol. The smallest absolute Gasteiger partial charge is 0.312 e. The lowest BCUT2D eigenvalue weighted by molar-refractivity contribution is -0.160. The Labute approximate surface area is 159 Å². The van der Waals surface area contributed by atoms with Crippen molar-refractivity contribution in [3.8, 4) is 0 Å². The van der Waals surface area contributed by atoms with Crippen LogP contribution in [0.5, 0.6) is 0 Å². The number of carbonyl (C=O) groups excluding carboxylic acids is 2. The molecule has 0 fully saturated rings. The third kappa shape index (κ3) is 5.66. The van der Waals surface area contributed by atoms with Crippen LogP contribution in [-0.4, -0.2) is 31.8 Å². The van der Waals surface area contributed by atoms with Crippen molar-refractivity contribution in [2.75, 3.05) is 19.8 Å². The van der Waals surface area contributed by atoms with Gasteiger partial charge in [0, 0.05) is 0 Å². The minimum absolute atomic E-state index is 0.110. The van der Waals surface area contributed by atoms with Gasteiger partial charge in [0.15, 0.2) is 0 Å². The second-order valence-electron chi connectivity index (χ2n) is 6.02. The van der Waals surface area contributed by atoms with Crippen LogP contribution in [0.4, 0.5) is 0 Å². The highest BCUT2D eigenvalue weighted by Gasteiger charge is 2.34. The van der Waals surface area contributed by atoms with Crippen molar-refractivity contribution in [3.05, 3.63) is 60.7 Å². The lowest BCUT2D eigenvalue weighted by Gasteiger charge is -2.25. The first-order valence-corrected chi connectivity index (χ1v) is 9.14. The van der Waals surface area contributed by atoms with Crippen molar-refractivity contribution in [2.45, 2.75) is 26.4 Å². The normalized spacial score (nSPS) is 13.0. The van der Waals surface area contributed by atoms with E-state index in [1.165, 1.54) is 0 Å². The van der Waals surface area contributed by atoms with Gasteiger partial charge in [-0.25, -0.2) is 0 Å². The Bertz CT molecular complexity index is 783. The Kier molecular flexibility index (Phi) is 8.01. The number of ether oxygens (including phenoxy) is 3. The molecule has 0 aromatic heterocycles. The van der Waals surface area contributed by atoms with E-state index in [9.17, 15) is 9.59 Å². The maximum atomic E-state index is 12.6. The summed E-state index contributed by atoms with van der Waals surface area (Å²) in [5.74, 6) is -1.73. The molecule has 0 heterocycles. The molecule has 2 aromatic carbocycles. The number of hydrogen-bond donors (Lipinski definition) is 0. The van der Waals surface area contributed by atoms with E-state index in [1.807, 2.05) is 42.5 Å². The molecule has 2 aromatic rings. The van der Waals surface area contributed by atoms with Gasteiger partial charge in [-0.1, -0.05) is 42.5 Å². The molecule has 144 valence electrons. The summed E-state index contributed by atoms with van der Waals surface area (Å²) >= 11 is 0. The van der Waals surface area contributed by atoms with Gasteiger partial charge in [-0.15, -0.1) is 6.58 Å². The average molecular weight is 370 g/mol. The van der Waals surface area contributed by atoms with Crippen LogP contribution in [-0.2, 0) is 23.8 Å². The SMILES string of the molecule is C=CCOC(c1ccc2ccccc2c1)C(CC(=O)OCC)C(=O)OCC. The maximum Gasteiger partial charge on any atom is 0.312 e. The van der Waals surface area contributed by atoms with Gasteiger partial charge in [0.25, 0.3) is 0 Å². The average Bonchev–Trinajstić information content (AvgIpc) is 2.67. The number of hydrogen-bond acceptors (Lipinski definition) is 5. The summed E-state index contributed by atoms with van der Waals surface area (Å²) < 4.78 is 16.1. The predicted molar refractivity (Wildman–Crippen MR) is 104 cm³/mol. The van der Waals surface area contributed by atoms with Gasteiger partial charge in [-0.2, -0.15) is 0 Å². The summed E-state index contributed by atoms with van der Waals surface area (Å²) in [6.45, 7) is 7.86. The molecule has 0 aliphatic rings. The lowest BCUT2D eigenvalue weighted by atomic mass is 9.91. The first-order valence-electron chi connectivity index (χ1n) is 9.14. The van der Waals surface area contributed by atoms with Crippen LogP contribution in [0.2, 0.25) is 0 Å². The molecular formula is C22H26O5. The molecule has 0 radical (unpaired) electrons. The van der Waals surface area contributed by atoms with E-state index >= 15 is 0 Å². The molecule has 0 bridgehead atoms. The van der Waals surface area contributed by atoms with Crippen molar-refractivity contribution >= 4 is 22.7 Å². The molecule has 0 saturated carbocycles. The van der Waals surface area contributed by atoms with Gasteiger partial charge in [0.05, 0.1) is 38.3 Å². The largest absolute Gasteiger partial charge is 0.466 e. The minimum atomic E-state index is -0.801. The zero-order valence-electron chi connectivity index (χ0n) is 15.9. The molecule has 0 saturated heterocycles. The fourth-order valence-electron chi connectivity index (χ4n) is 2.96. The van der Waals surface area contributed by atoms with Crippen LogP contribution < -0.4 is 0 Å². The quantitative estimate of drug-likeness (QED) is 0.463. The fraction of sp³-hybridized carbons (Fsp3) is 0.364. The Morgan fingerprint density at radius 3 is 2.41 bits per heavy atom.